The van der Waals surface area contributed by atoms with Crippen molar-refractivity contribution in [2.75, 3.05) is 13.2 Å². The summed E-state index contributed by atoms with van der Waals surface area (Å²) in [5.41, 5.74) is 0.306. The summed E-state index contributed by atoms with van der Waals surface area (Å²) in [7, 11) is 0. The second-order valence-electron chi connectivity index (χ2n) is 4.65. The summed E-state index contributed by atoms with van der Waals surface area (Å²) in [6.07, 6.45) is 3.80. The van der Waals surface area contributed by atoms with E-state index in [1.807, 2.05) is 0 Å². The number of aryl methyl sites for hydroxylation is 1. The number of alkyl halides is 2. The molecule has 0 saturated carbocycles. The molecule has 118 valence electrons. The van der Waals surface area contributed by atoms with E-state index in [0.29, 0.717) is 35.6 Å². The monoisotopic (exact) mass is 309 g/mol. The van der Waals surface area contributed by atoms with Crippen LogP contribution in [0.15, 0.2) is 36.7 Å². The van der Waals surface area contributed by atoms with Crippen molar-refractivity contribution in [3.8, 4) is 5.75 Å². The van der Waals surface area contributed by atoms with Crippen LogP contribution in [-0.4, -0.2) is 28.6 Å². The van der Waals surface area contributed by atoms with Crippen molar-refractivity contribution in [3.05, 3.63) is 48.0 Å². The fraction of sp³-hybridized carbons (Fsp3) is 0.333. The second kappa shape index (κ2) is 7.53. The fourth-order valence-corrected chi connectivity index (χ4v) is 1.98. The van der Waals surface area contributed by atoms with Gasteiger partial charge in [-0.15, -0.1) is 0 Å². The number of carbonyl (C=O) groups is 1. The molecule has 2 aromatic rings. The lowest BCUT2D eigenvalue weighted by atomic mass is 10.3. The maximum atomic E-state index is 12.9. The maximum Gasteiger partial charge on any atom is 0.319 e. The van der Waals surface area contributed by atoms with Crippen LogP contribution in [0.4, 0.5) is 8.78 Å². The van der Waals surface area contributed by atoms with Gasteiger partial charge in [0, 0.05) is 18.4 Å². The molecule has 2 aromatic heterocycles. The van der Waals surface area contributed by atoms with Crippen molar-refractivity contribution in [1.82, 2.24) is 14.9 Å². The number of halogens is 2. The molecule has 1 amide bonds. The molecule has 0 atom stereocenters. The van der Waals surface area contributed by atoms with Crippen LogP contribution in [0.1, 0.15) is 29.2 Å². The van der Waals surface area contributed by atoms with Crippen molar-refractivity contribution < 1.29 is 18.3 Å². The molecule has 2 rings (SSSR count). The first kappa shape index (κ1) is 15.9. The van der Waals surface area contributed by atoms with Gasteiger partial charge in [-0.1, -0.05) is 0 Å². The van der Waals surface area contributed by atoms with E-state index in [4.69, 9.17) is 4.74 Å². The van der Waals surface area contributed by atoms with E-state index in [-0.39, 0.29) is 5.69 Å². The van der Waals surface area contributed by atoms with Gasteiger partial charge in [-0.25, -0.2) is 0 Å². The predicted molar refractivity (Wildman–Crippen MR) is 77.1 cm³/mol. The Morgan fingerprint density at radius 3 is 2.91 bits per heavy atom. The zero-order valence-electron chi connectivity index (χ0n) is 12.1. The minimum atomic E-state index is -2.73. The molecule has 0 radical (unpaired) electrons. The van der Waals surface area contributed by atoms with Gasteiger partial charge in [-0.05, 0) is 37.6 Å². The van der Waals surface area contributed by atoms with Gasteiger partial charge in [-0.3, -0.25) is 14.3 Å². The molecule has 0 saturated heterocycles. The lowest BCUT2D eigenvalue weighted by molar-refractivity contribution is 0.0617. The largest absolute Gasteiger partial charge is 0.492 e. The Bertz CT molecular complexity index is 615. The van der Waals surface area contributed by atoms with Gasteiger partial charge in [0.2, 0.25) is 0 Å². The zero-order valence-corrected chi connectivity index (χ0v) is 12.1. The molecular formula is C15H17F2N3O2. The van der Waals surface area contributed by atoms with Gasteiger partial charge >= 0.3 is 6.55 Å². The highest BCUT2D eigenvalue weighted by Gasteiger charge is 2.18. The predicted octanol–water partition coefficient (Wildman–Crippen LogP) is 2.79. The first-order valence-corrected chi connectivity index (χ1v) is 6.86. The molecule has 22 heavy (non-hydrogen) atoms. The van der Waals surface area contributed by atoms with Crippen LogP contribution in [0.2, 0.25) is 0 Å². The topological polar surface area (TPSA) is 56.1 Å². The van der Waals surface area contributed by atoms with E-state index < -0.39 is 12.5 Å². The average Bonchev–Trinajstić information content (AvgIpc) is 2.90. The smallest absolute Gasteiger partial charge is 0.319 e. The highest BCUT2D eigenvalue weighted by Crippen LogP contribution is 2.18. The summed E-state index contributed by atoms with van der Waals surface area (Å²) in [4.78, 5) is 15.8. The van der Waals surface area contributed by atoms with Gasteiger partial charge in [0.05, 0.1) is 12.8 Å². The minimum Gasteiger partial charge on any atom is -0.492 e. The lowest BCUT2D eigenvalue weighted by Gasteiger charge is -2.11. The first-order valence-electron chi connectivity index (χ1n) is 6.86. The third kappa shape index (κ3) is 4.03. The molecule has 0 spiro atoms. The number of pyridine rings is 1. The van der Waals surface area contributed by atoms with Gasteiger partial charge < -0.3 is 10.1 Å². The van der Waals surface area contributed by atoms with Crippen molar-refractivity contribution in [2.24, 2.45) is 0 Å². The third-order valence-corrected chi connectivity index (χ3v) is 3.06. The Hall–Kier alpha value is -2.44. The summed E-state index contributed by atoms with van der Waals surface area (Å²) < 4.78 is 31.9. The lowest BCUT2D eigenvalue weighted by Crippen LogP contribution is -2.28. The summed E-state index contributed by atoms with van der Waals surface area (Å²) in [5, 5.41) is 2.61. The molecule has 0 aliphatic rings. The summed E-state index contributed by atoms with van der Waals surface area (Å²) >= 11 is 0. The number of carbonyl (C=O) groups excluding carboxylic acids is 1. The van der Waals surface area contributed by atoms with Gasteiger partial charge in [0.15, 0.2) is 0 Å². The quantitative estimate of drug-likeness (QED) is 0.800. The van der Waals surface area contributed by atoms with E-state index in [1.165, 1.54) is 19.1 Å². The Morgan fingerprint density at radius 2 is 2.23 bits per heavy atom. The van der Waals surface area contributed by atoms with Crippen LogP contribution >= 0.6 is 0 Å². The van der Waals surface area contributed by atoms with E-state index in [9.17, 15) is 13.6 Å². The Balaban J connectivity index is 1.76. The number of nitrogens with one attached hydrogen (secondary N) is 1. The van der Waals surface area contributed by atoms with Crippen LogP contribution in [0.3, 0.4) is 0 Å². The molecule has 0 bridgehead atoms. The summed E-state index contributed by atoms with van der Waals surface area (Å²) in [6.45, 7) is -0.456. The number of rotatable bonds is 7. The zero-order chi connectivity index (χ0) is 15.9. The number of ether oxygens (including phenoxy) is 1. The highest BCUT2D eigenvalue weighted by molar-refractivity contribution is 5.92. The van der Waals surface area contributed by atoms with Gasteiger partial charge in [0.1, 0.15) is 11.4 Å². The van der Waals surface area contributed by atoms with E-state index in [1.54, 1.807) is 24.5 Å². The molecular weight excluding hydrogens is 292 g/mol. The number of hydrogen-bond acceptors (Lipinski definition) is 3. The molecule has 2 heterocycles. The van der Waals surface area contributed by atoms with E-state index >= 15 is 0 Å². The van der Waals surface area contributed by atoms with Crippen molar-refractivity contribution in [1.29, 1.82) is 0 Å². The number of amides is 1. The van der Waals surface area contributed by atoms with Crippen LogP contribution in [-0.2, 0) is 0 Å². The SMILES string of the molecule is Cc1ccc(C(=O)NCCCOc2cccnc2)n1C(F)F. The third-order valence-electron chi connectivity index (χ3n) is 3.06. The molecule has 0 aliphatic carbocycles. The molecule has 0 unspecified atom stereocenters. The molecule has 0 aromatic carbocycles. The van der Waals surface area contributed by atoms with Crippen LogP contribution in [0.25, 0.3) is 0 Å². The van der Waals surface area contributed by atoms with Crippen LogP contribution in [0.5, 0.6) is 5.75 Å². The van der Waals surface area contributed by atoms with Crippen molar-refractivity contribution >= 4 is 5.91 Å². The maximum absolute atomic E-state index is 12.9. The van der Waals surface area contributed by atoms with Gasteiger partial charge in [0.25, 0.3) is 5.91 Å². The molecule has 5 nitrogen and oxygen atoms in total. The van der Waals surface area contributed by atoms with Crippen LogP contribution < -0.4 is 10.1 Å². The standard InChI is InChI=1S/C15H17F2N3O2/c1-11-5-6-13(20(11)15(16)17)14(21)19-8-3-9-22-12-4-2-7-18-10-12/h2,4-7,10,15H,3,8-9H2,1H3,(H,19,21). The minimum absolute atomic E-state index is 0.0410. The van der Waals surface area contributed by atoms with Crippen LogP contribution in [0, 0.1) is 6.92 Å². The van der Waals surface area contributed by atoms with E-state index in [2.05, 4.69) is 10.3 Å². The Morgan fingerprint density at radius 1 is 1.41 bits per heavy atom. The Labute approximate surface area is 126 Å². The second-order valence-corrected chi connectivity index (χ2v) is 4.65. The number of nitrogens with zero attached hydrogens (tertiary/aromatic N) is 2. The number of hydrogen-bond donors (Lipinski definition) is 1. The number of aromatic nitrogens is 2. The molecule has 0 fully saturated rings. The molecule has 1 N–H and O–H groups in total. The van der Waals surface area contributed by atoms with Crippen molar-refractivity contribution in [3.63, 3.8) is 0 Å². The fourth-order valence-electron chi connectivity index (χ4n) is 1.98. The molecule has 0 aliphatic heterocycles. The summed E-state index contributed by atoms with van der Waals surface area (Å²) in [5.74, 6) is 0.130. The van der Waals surface area contributed by atoms with Gasteiger partial charge in [-0.2, -0.15) is 8.78 Å². The average molecular weight is 309 g/mol. The van der Waals surface area contributed by atoms with Crippen molar-refractivity contribution in [2.45, 2.75) is 19.9 Å². The summed E-state index contributed by atoms with van der Waals surface area (Å²) in [6, 6.07) is 6.43. The Kier molecular flexibility index (Phi) is 5.46. The highest BCUT2D eigenvalue weighted by atomic mass is 19.3. The normalized spacial score (nSPS) is 10.7. The first-order chi connectivity index (χ1) is 10.6. The van der Waals surface area contributed by atoms with E-state index in [0.717, 1.165) is 0 Å². The molecule has 7 heteroatoms.